The number of carbonyl (C=O) groups is 2. The van der Waals surface area contributed by atoms with Crippen LogP contribution >= 0.6 is 0 Å². The predicted octanol–water partition coefficient (Wildman–Crippen LogP) is 0.760. The molecule has 0 aromatic heterocycles. The Morgan fingerprint density at radius 3 is 2.75 bits per heavy atom. The van der Waals surface area contributed by atoms with Crippen molar-refractivity contribution in [1.82, 2.24) is 5.32 Å². The Bertz CT molecular complexity index is 502. The summed E-state index contributed by atoms with van der Waals surface area (Å²) in [5, 5.41) is 9.58. The summed E-state index contributed by atoms with van der Waals surface area (Å²) in [5.74, 6) is -0.582. The summed E-state index contributed by atoms with van der Waals surface area (Å²) < 4.78 is 9.57. The van der Waals surface area contributed by atoms with Crippen molar-refractivity contribution in [3.05, 3.63) is 35.4 Å². The molecule has 1 rings (SSSR count). The van der Waals surface area contributed by atoms with Gasteiger partial charge in [0.05, 0.1) is 6.61 Å². The van der Waals surface area contributed by atoms with Crippen molar-refractivity contribution in [3.63, 3.8) is 0 Å². The average molecular weight is 279 g/mol. The van der Waals surface area contributed by atoms with Gasteiger partial charge in [-0.2, -0.15) is 0 Å². The molecular formula is C13H17N3O4. The van der Waals surface area contributed by atoms with E-state index in [4.69, 9.17) is 15.9 Å². The molecule has 0 bridgehead atoms. The fourth-order valence-corrected chi connectivity index (χ4v) is 1.38. The molecule has 7 nitrogen and oxygen atoms in total. The van der Waals surface area contributed by atoms with E-state index in [0.717, 1.165) is 0 Å². The van der Waals surface area contributed by atoms with E-state index in [-0.39, 0.29) is 25.6 Å². The molecular weight excluding hydrogens is 262 g/mol. The van der Waals surface area contributed by atoms with E-state index in [1.807, 2.05) is 0 Å². The highest BCUT2D eigenvalue weighted by molar-refractivity contribution is 5.95. The number of rotatable bonds is 6. The molecule has 0 saturated heterocycles. The standard InChI is InChI=1S/C13H17N3O4/c1-2-19-11(17)7-16-13(18)20-8-9-4-3-5-10(6-9)12(14)15/h3-6H,2,7-8H2,1H3,(H3,14,15)(H,16,18). The minimum Gasteiger partial charge on any atom is -0.465 e. The molecule has 1 aromatic carbocycles. The van der Waals surface area contributed by atoms with E-state index >= 15 is 0 Å². The number of amidine groups is 1. The van der Waals surface area contributed by atoms with Gasteiger partial charge in [0.25, 0.3) is 0 Å². The van der Waals surface area contributed by atoms with Crippen molar-refractivity contribution in [1.29, 1.82) is 5.41 Å². The number of hydrogen-bond acceptors (Lipinski definition) is 5. The van der Waals surface area contributed by atoms with E-state index in [0.29, 0.717) is 11.1 Å². The fraction of sp³-hybridized carbons (Fsp3) is 0.308. The molecule has 0 aliphatic carbocycles. The fourth-order valence-electron chi connectivity index (χ4n) is 1.38. The molecule has 0 radical (unpaired) electrons. The zero-order valence-corrected chi connectivity index (χ0v) is 11.1. The van der Waals surface area contributed by atoms with Crippen LogP contribution in [-0.4, -0.2) is 31.0 Å². The van der Waals surface area contributed by atoms with Crippen LogP contribution < -0.4 is 11.1 Å². The summed E-state index contributed by atoms with van der Waals surface area (Å²) in [7, 11) is 0. The number of esters is 1. The first-order chi connectivity index (χ1) is 9.52. The van der Waals surface area contributed by atoms with E-state index in [1.165, 1.54) is 0 Å². The van der Waals surface area contributed by atoms with Crippen LogP contribution in [0.2, 0.25) is 0 Å². The molecule has 0 unspecified atom stereocenters. The van der Waals surface area contributed by atoms with E-state index in [9.17, 15) is 9.59 Å². The number of hydrogen-bond donors (Lipinski definition) is 3. The zero-order valence-electron chi connectivity index (χ0n) is 11.1. The first kappa shape index (κ1) is 15.5. The van der Waals surface area contributed by atoms with Gasteiger partial charge in [0.1, 0.15) is 19.0 Å². The molecule has 0 fully saturated rings. The summed E-state index contributed by atoms with van der Waals surface area (Å²) in [6, 6.07) is 6.80. The molecule has 4 N–H and O–H groups in total. The van der Waals surface area contributed by atoms with Gasteiger partial charge < -0.3 is 20.5 Å². The normalized spacial score (nSPS) is 9.65. The minimum atomic E-state index is -0.716. The number of nitrogen functional groups attached to an aromatic ring is 1. The van der Waals surface area contributed by atoms with Crippen LogP contribution in [0.3, 0.4) is 0 Å². The van der Waals surface area contributed by atoms with Crippen LogP contribution in [0.25, 0.3) is 0 Å². The molecule has 0 aliphatic rings. The third-order valence-electron chi connectivity index (χ3n) is 2.29. The number of alkyl carbamates (subject to hydrolysis) is 1. The Hall–Kier alpha value is -2.57. The molecule has 0 aliphatic heterocycles. The van der Waals surface area contributed by atoms with Crippen molar-refractivity contribution in [3.8, 4) is 0 Å². The first-order valence-electron chi connectivity index (χ1n) is 6.02. The van der Waals surface area contributed by atoms with Gasteiger partial charge in [0.15, 0.2) is 0 Å². The van der Waals surface area contributed by atoms with Crippen molar-refractivity contribution >= 4 is 17.9 Å². The minimum absolute atomic E-state index is 0.0236. The highest BCUT2D eigenvalue weighted by Gasteiger charge is 2.07. The van der Waals surface area contributed by atoms with Crippen LogP contribution in [0.15, 0.2) is 24.3 Å². The Morgan fingerprint density at radius 1 is 1.35 bits per heavy atom. The number of nitrogens with one attached hydrogen (secondary N) is 2. The molecule has 20 heavy (non-hydrogen) atoms. The Morgan fingerprint density at radius 2 is 2.10 bits per heavy atom. The van der Waals surface area contributed by atoms with Gasteiger partial charge in [-0.15, -0.1) is 0 Å². The summed E-state index contributed by atoms with van der Waals surface area (Å²) in [6.45, 7) is 1.72. The smallest absolute Gasteiger partial charge is 0.407 e. The van der Waals surface area contributed by atoms with E-state index in [2.05, 4.69) is 10.1 Å². The second-order valence-electron chi connectivity index (χ2n) is 3.85. The second-order valence-corrected chi connectivity index (χ2v) is 3.85. The van der Waals surface area contributed by atoms with Crippen LogP contribution in [-0.2, 0) is 20.9 Å². The van der Waals surface area contributed by atoms with Gasteiger partial charge in [0.2, 0.25) is 0 Å². The highest BCUT2D eigenvalue weighted by Crippen LogP contribution is 2.06. The van der Waals surface area contributed by atoms with Gasteiger partial charge in [-0.25, -0.2) is 4.79 Å². The zero-order chi connectivity index (χ0) is 15.0. The number of nitrogens with two attached hydrogens (primary N) is 1. The van der Waals surface area contributed by atoms with Crippen molar-refractivity contribution in [2.24, 2.45) is 5.73 Å². The lowest BCUT2D eigenvalue weighted by Crippen LogP contribution is -2.31. The van der Waals surface area contributed by atoms with Crippen LogP contribution in [0.1, 0.15) is 18.1 Å². The maximum atomic E-state index is 11.3. The number of ether oxygens (including phenoxy) is 2. The predicted molar refractivity (Wildman–Crippen MR) is 72.3 cm³/mol. The van der Waals surface area contributed by atoms with Crippen molar-refractivity contribution in [2.75, 3.05) is 13.2 Å². The van der Waals surface area contributed by atoms with Crippen molar-refractivity contribution in [2.45, 2.75) is 13.5 Å². The average Bonchev–Trinajstić information content (AvgIpc) is 2.43. The van der Waals surface area contributed by atoms with Crippen molar-refractivity contribution < 1.29 is 19.1 Å². The highest BCUT2D eigenvalue weighted by atomic mass is 16.6. The molecule has 0 atom stereocenters. The van der Waals surface area contributed by atoms with Gasteiger partial charge in [0, 0.05) is 5.56 Å². The number of carbonyl (C=O) groups excluding carboxylic acids is 2. The van der Waals surface area contributed by atoms with Crippen LogP contribution in [0, 0.1) is 5.41 Å². The lowest BCUT2D eigenvalue weighted by molar-refractivity contribution is -0.141. The summed E-state index contributed by atoms with van der Waals surface area (Å²) in [5.41, 5.74) is 6.61. The van der Waals surface area contributed by atoms with Gasteiger partial charge in [-0.1, -0.05) is 18.2 Å². The molecule has 108 valence electrons. The first-order valence-corrected chi connectivity index (χ1v) is 6.02. The Labute approximate surface area is 116 Å². The molecule has 1 aromatic rings. The lowest BCUT2D eigenvalue weighted by Gasteiger charge is -2.07. The summed E-state index contributed by atoms with van der Waals surface area (Å²) in [6.07, 6.45) is -0.716. The largest absolute Gasteiger partial charge is 0.465 e. The van der Waals surface area contributed by atoms with Gasteiger partial charge in [-0.3, -0.25) is 10.2 Å². The molecule has 0 heterocycles. The quantitative estimate of drug-likeness (QED) is 0.404. The molecule has 7 heteroatoms. The summed E-state index contributed by atoms with van der Waals surface area (Å²) >= 11 is 0. The van der Waals surface area contributed by atoms with E-state index < -0.39 is 12.1 Å². The van der Waals surface area contributed by atoms with Crippen LogP contribution in [0.4, 0.5) is 4.79 Å². The Kier molecular flexibility index (Phi) is 6.02. The Balaban J connectivity index is 2.39. The number of amides is 1. The summed E-state index contributed by atoms with van der Waals surface area (Å²) in [4.78, 5) is 22.3. The van der Waals surface area contributed by atoms with Gasteiger partial charge >= 0.3 is 12.1 Å². The maximum absolute atomic E-state index is 11.3. The monoisotopic (exact) mass is 279 g/mol. The second kappa shape index (κ2) is 7.78. The van der Waals surface area contributed by atoms with Gasteiger partial charge in [-0.05, 0) is 18.6 Å². The topological polar surface area (TPSA) is 114 Å². The third-order valence-corrected chi connectivity index (χ3v) is 2.29. The maximum Gasteiger partial charge on any atom is 0.407 e. The molecule has 1 amide bonds. The van der Waals surface area contributed by atoms with Crippen LogP contribution in [0.5, 0.6) is 0 Å². The SMILES string of the molecule is CCOC(=O)CNC(=O)OCc1cccc(C(=N)N)c1. The number of benzene rings is 1. The molecule has 0 saturated carbocycles. The third kappa shape index (κ3) is 5.38. The molecule has 0 spiro atoms. The van der Waals surface area contributed by atoms with E-state index in [1.54, 1.807) is 31.2 Å². The lowest BCUT2D eigenvalue weighted by atomic mass is 10.1.